The van der Waals surface area contributed by atoms with Crippen molar-refractivity contribution in [3.8, 4) is 0 Å². The van der Waals surface area contributed by atoms with Crippen LogP contribution in [-0.4, -0.2) is 0 Å². The second kappa shape index (κ2) is 6.89. The van der Waals surface area contributed by atoms with Gasteiger partial charge in [0.2, 0.25) is 0 Å². The summed E-state index contributed by atoms with van der Waals surface area (Å²) in [6.45, 7) is 4.19. The van der Waals surface area contributed by atoms with Crippen LogP contribution in [0, 0.1) is 6.92 Å². The summed E-state index contributed by atoms with van der Waals surface area (Å²) in [6.07, 6.45) is 1.91. The number of hydrazine groups is 1. The number of halogens is 1. The van der Waals surface area contributed by atoms with Crippen molar-refractivity contribution in [2.75, 3.05) is 0 Å². The van der Waals surface area contributed by atoms with Gasteiger partial charge in [0.05, 0.1) is 6.04 Å². The summed E-state index contributed by atoms with van der Waals surface area (Å²) < 4.78 is 0. The zero-order valence-electron chi connectivity index (χ0n) is 12.0. The van der Waals surface area contributed by atoms with E-state index >= 15 is 0 Å². The number of aryl methyl sites for hydroxylation is 1. The maximum atomic E-state index is 6.19. The van der Waals surface area contributed by atoms with E-state index in [4.69, 9.17) is 17.4 Å². The molecule has 20 heavy (non-hydrogen) atoms. The summed E-state index contributed by atoms with van der Waals surface area (Å²) in [7, 11) is 0. The Morgan fingerprint density at radius 3 is 2.35 bits per heavy atom. The summed E-state index contributed by atoms with van der Waals surface area (Å²) in [5.74, 6) is 5.73. The molecule has 0 fully saturated rings. The van der Waals surface area contributed by atoms with Crippen molar-refractivity contribution in [2.24, 2.45) is 5.84 Å². The first-order valence-corrected chi connectivity index (χ1v) is 7.32. The Kier molecular flexibility index (Phi) is 5.18. The predicted octanol–water partition coefficient (Wildman–Crippen LogP) is 3.96. The van der Waals surface area contributed by atoms with Gasteiger partial charge in [-0.15, -0.1) is 0 Å². The molecule has 0 heterocycles. The number of nitrogens with two attached hydrogens (primary N) is 1. The number of hydrogen-bond acceptors (Lipinski definition) is 2. The molecule has 1 atom stereocenters. The zero-order chi connectivity index (χ0) is 14.5. The van der Waals surface area contributed by atoms with E-state index in [1.54, 1.807) is 0 Å². The van der Waals surface area contributed by atoms with Crippen LogP contribution in [0.15, 0.2) is 42.5 Å². The number of benzene rings is 2. The first-order valence-electron chi connectivity index (χ1n) is 6.94. The lowest BCUT2D eigenvalue weighted by molar-refractivity contribution is 0.549. The maximum absolute atomic E-state index is 6.19. The van der Waals surface area contributed by atoms with Crippen LogP contribution >= 0.6 is 11.6 Å². The summed E-state index contributed by atoms with van der Waals surface area (Å²) in [4.78, 5) is 0. The van der Waals surface area contributed by atoms with Crippen molar-refractivity contribution < 1.29 is 0 Å². The fourth-order valence-corrected chi connectivity index (χ4v) is 2.59. The molecule has 3 heteroatoms. The van der Waals surface area contributed by atoms with Gasteiger partial charge >= 0.3 is 0 Å². The highest BCUT2D eigenvalue weighted by atomic mass is 35.5. The monoisotopic (exact) mass is 288 g/mol. The standard InChI is InChI=1S/C17H21ClN2/c1-3-13-7-9-14(10-8-13)11-17(20-19)15-5-4-6-16(18)12(15)2/h4-10,17,20H,3,11,19H2,1-2H3. The molecular weight excluding hydrogens is 268 g/mol. The minimum atomic E-state index is 0.0705. The number of rotatable bonds is 5. The molecule has 3 N–H and O–H groups in total. The highest BCUT2D eigenvalue weighted by molar-refractivity contribution is 6.31. The van der Waals surface area contributed by atoms with Crippen LogP contribution in [0.1, 0.15) is 35.2 Å². The second-order valence-electron chi connectivity index (χ2n) is 5.05. The second-order valence-corrected chi connectivity index (χ2v) is 5.45. The lowest BCUT2D eigenvalue weighted by Gasteiger charge is -2.19. The smallest absolute Gasteiger partial charge is 0.0503 e. The van der Waals surface area contributed by atoms with Crippen molar-refractivity contribution in [3.63, 3.8) is 0 Å². The quantitative estimate of drug-likeness (QED) is 0.646. The summed E-state index contributed by atoms with van der Waals surface area (Å²) in [5, 5.41) is 0.782. The average molecular weight is 289 g/mol. The summed E-state index contributed by atoms with van der Waals surface area (Å²) in [5.41, 5.74) is 7.76. The Labute approximate surface area is 125 Å². The Morgan fingerprint density at radius 1 is 1.10 bits per heavy atom. The van der Waals surface area contributed by atoms with E-state index in [-0.39, 0.29) is 6.04 Å². The first-order chi connectivity index (χ1) is 9.65. The molecule has 0 bridgehead atoms. The van der Waals surface area contributed by atoms with Crippen LogP contribution in [0.25, 0.3) is 0 Å². The van der Waals surface area contributed by atoms with Crippen LogP contribution in [0.3, 0.4) is 0 Å². The van der Waals surface area contributed by atoms with Gasteiger partial charge in [0.25, 0.3) is 0 Å². The molecule has 0 aliphatic heterocycles. The SMILES string of the molecule is CCc1ccc(CC(NN)c2cccc(Cl)c2C)cc1. The molecule has 1 unspecified atom stereocenters. The molecule has 0 saturated heterocycles. The normalized spacial score (nSPS) is 12.4. The molecular formula is C17H21ClN2. The molecule has 0 spiro atoms. The van der Waals surface area contributed by atoms with Gasteiger partial charge in [-0.3, -0.25) is 11.3 Å². The van der Waals surface area contributed by atoms with E-state index in [1.165, 1.54) is 11.1 Å². The molecule has 2 aromatic carbocycles. The van der Waals surface area contributed by atoms with Crippen molar-refractivity contribution >= 4 is 11.6 Å². The average Bonchev–Trinajstić information content (AvgIpc) is 2.48. The third-order valence-electron chi connectivity index (χ3n) is 3.76. The number of hydrogen-bond donors (Lipinski definition) is 2. The molecule has 0 aromatic heterocycles. The van der Waals surface area contributed by atoms with Gasteiger partial charge in [0.15, 0.2) is 0 Å². The topological polar surface area (TPSA) is 38.0 Å². The molecule has 2 rings (SSSR count). The van der Waals surface area contributed by atoms with Gasteiger partial charge in [-0.25, -0.2) is 0 Å². The van der Waals surface area contributed by atoms with E-state index in [9.17, 15) is 0 Å². The third-order valence-corrected chi connectivity index (χ3v) is 4.17. The van der Waals surface area contributed by atoms with Crippen molar-refractivity contribution in [1.82, 2.24) is 5.43 Å². The Balaban J connectivity index is 2.21. The van der Waals surface area contributed by atoms with E-state index < -0.39 is 0 Å². The van der Waals surface area contributed by atoms with Gasteiger partial charge in [-0.1, -0.05) is 54.9 Å². The van der Waals surface area contributed by atoms with E-state index in [0.29, 0.717) is 0 Å². The first kappa shape index (κ1) is 15.0. The molecule has 0 radical (unpaired) electrons. The lowest BCUT2D eigenvalue weighted by atomic mass is 9.95. The minimum Gasteiger partial charge on any atom is -0.271 e. The highest BCUT2D eigenvalue weighted by Gasteiger charge is 2.14. The maximum Gasteiger partial charge on any atom is 0.0503 e. The third kappa shape index (κ3) is 3.40. The van der Waals surface area contributed by atoms with Crippen molar-refractivity contribution in [3.05, 3.63) is 69.7 Å². The Hall–Kier alpha value is -1.35. The van der Waals surface area contributed by atoms with Crippen LogP contribution in [0.5, 0.6) is 0 Å². The van der Waals surface area contributed by atoms with Gasteiger partial charge < -0.3 is 0 Å². The van der Waals surface area contributed by atoms with Crippen molar-refractivity contribution in [2.45, 2.75) is 32.7 Å². The van der Waals surface area contributed by atoms with Crippen LogP contribution in [-0.2, 0) is 12.8 Å². The van der Waals surface area contributed by atoms with Gasteiger partial charge in [0.1, 0.15) is 0 Å². The Bertz CT molecular complexity index is 564. The zero-order valence-corrected chi connectivity index (χ0v) is 12.7. The highest BCUT2D eigenvalue weighted by Crippen LogP contribution is 2.26. The molecule has 2 nitrogen and oxygen atoms in total. The largest absolute Gasteiger partial charge is 0.271 e. The molecule has 2 aromatic rings. The number of nitrogens with one attached hydrogen (secondary N) is 1. The fraction of sp³-hybridized carbons (Fsp3) is 0.294. The minimum absolute atomic E-state index is 0.0705. The summed E-state index contributed by atoms with van der Waals surface area (Å²) >= 11 is 6.19. The summed E-state index contributed by atoms with van der Waals surface area (Å²) in [6, 6.07) is 14.7. The van der Waals surface area contributed by atoms with E-state index in [2.05, 4.69) is 42.7 Å². The molecule has 0 aliphatic carbocycles. The van der Waals surface area contributed by atoms with Gasteiger partial charge in [-0.05, 0) is 48.1 Å². The van der Waals surface area contributed by atoms with Gasteiger partial charge in [0, 0.05) is 5.02 Å². The molecule has 0 amide bonds. The van der Waals surface area contributed by atoms with Crippen LogP contribution < -0.4 is 11.3 Å². The van der Waals surface area contributed by atoms with E-state index in [0.717, 1.165) is 29.0 Å². The Morgan fingerprint density at radius 2 is 1.75 bits per heavy atom. The lowest BCUT2D eigenvalue weighted by Crippen LogP contribution is -2.30. The molecule has 0 aliphatic rings. The van der Waals surface area contributed by atoms with Gasteiger partial charge in [-0.2, -0.15) is 0 Å². The molecule has 0 saturated carbocycles. The fourth-order valence-electron chi connectivity index (χ4n) is 2.41. The van der Waals surface area contributed by atoms with E-state index in [1.807, 2.05) is 19.1 Å². The predicted molar refractivity (Wildman–Crippen MR) is 85.8 cm³/mol. The molecule has 106 valence electrons. The van der Waals surface area contributed by atoms with Crippen LogP contribution in [0.4, 0.5) is 0 Å². The van der Waals surface area contributed by atoms with Crippen molar-refractivity contribution in [1.29, 1.82) is 0 Å². The van der Waals surface area contributed by atoms with Crippen LogP contribution in [0.2, 0.25) is 5.02 Å².